The molecule has 18 heavy (non-hydrogen) atoms. The molecule has 2 fully saturated rings. The number of carbonyl (C=O) groups excluding carboxylic acids is 1. The van der Waals surface area contributed by atoms with Crippen LogP contribution in [0.3, 0.4) is 0 Å². The minimum Gasteiger partial charge on any atom is -0.376 e. The first-order valence-electron chi connectivity index (χ1n) is 7.16. The van der Waals surface area contributed by atoms with E-state index in [1.54, 1.807) is 7.11 Å². The average molecular weight is 254 g/mol. The van der Waals surface area contributed by atoms with Crippen LogP contribution >= 0.6 is 0 Å². The van der Waals surface area contributed by atoms with Crippen LogP contribution in [0.4, 0.5) is 0 Å². The van der Waals surface area contributed by atoms with Gasteiger partial charge < -0.3 is 15.0 Å². The lowest BCUT2D eigenvalue weighted by molar-refractivity contribution is -0.146. The first-order valence-corrected chi connectivity index (χ1v) is 7.16. The molecule has 1 unspecified atom stereocenters. The Kier molecular flexibility index (Phi) is 4.28. The van der Waals surface area contributed by atoms with Gasteiger partial charge in [-0.25, -0.2) is 0 Å². The number of likely N-dealkylation sites (tertiary alicyclic amines) is 1. The lowest BCUT2D eigenvalue weighted by Gasteiger charge is -2.45. The first kappa shape index (κ1) is 13.8. The fourth-order valence-corrected chi connectivity index (χ4v) is 3.00. The molecule has 0 bridgehead atoms. The van der Waals surface area contributed by atoms with Gasteiger partial charge in [0.2, 0.25) is 5.91 Å². The van der Waals surface area contributed by atoms with Gasteiger partial charge in [0.05, 0.1) is 11.6 Å². The summed E-state index contributed by atoms with van der Waals surface area (Å²) in [4.78, 5) is 14.4. The summed E-state index contributed by atoms with van der Waals surface area (Å²) in [6.45, 7) is 5.85. The highest BCUT2D eigenvalue weighted by Crippen LogP contribution is 2.36. The number of amides is 1. The third kappa shape index (κ3) is 2.86. The Labute approximate surface area is 110 Å². The summed E-state index contributed by atoms with van der Waals surface area (Å²) in [6, 6.07) is 0.367. The van der Waals surface area contributed by atoms with E-state index in [2.05, 4.69) is 19.2 Å². The molecule has 1 atom stereocenters. The van der Waals surface area contributed by atoms with Gasteiger partial charge in [-0.05, 0) is 32.1 Å². The maximum atomic E-state index is 12.4. The van der Waals surface area contributed by atoms with E-state index in [9.17, 15) is 4.79 Å². The summed E-state index contributed by atoms with van der Waals surface area (Å²) in [5.74, 6) is 0.262. The summed E-state index contributed by atoms with van der Waals surface area (Å²) < 4.78 is 5.63. The fraction of sp³-hybridized carbons (Fsp3) is 0.929. The normalized spacial score (nSPS) is 27.4. The van der Waals surface area contributed by atoms with Crippen LogP contribution in [0.1, 0.15) is 46.0 Å². The van der Waals surface area contributed by atoms with Crippen molar-refractivity contribution in [3.63, 3.8) is 0 Å². The van der Waals surface area contributed by atoms with Crippen molar-refractivity contribution in [1.29, 1.82) is 0 Å². The Balaban J connectivity index is 1.94. The minimum absolute atomic E-state index is 0.00716. The monoisotopic (exact) mass is 254 g/mol. The number of methoxy groups -OCH3 is 1. The number of carbonyl (C=O) groups is 1. The van der Waals surface area contributed by atoms with Crippen molar-refractivity contribution in [3.05, 3.63) is 0 Å². The largest absolute Gasteiger partial charge is 0.376 e. The molecule has 0 spiro atoms. The lowest BCUT2D eigenvalue weighted by atomic mass is 9.79. The minimum atomic E-state index is -0.0462. The summed E-state index contributed by atoms with van der Waals surface area (Å²) in [5.41, 5.74) is -0.0462. The molecule has 0 radical (unpaired) electrons. The second-order valence-electron chi connectivity index (χ2n) is 6.02. The molecule has 4 nitrogen and oxygen atoms in total. The summed E-state index contributed by atoms with van der Waals surface area (Å²) >= 11 is 0. The molecule has 1 amide bonds. The number of ether oxygens (including phenoxy) is 1. The topological polar surface area (TPSA) is 41.6 Å². The van der Waals surface area contributed by atoms with E-state index in [0.29, 0.717) is 6.04 Å². The van der Waals surface area contributed by atoms with Crippen LogP contribution < -0.4 is 5.32 Å². The van der Waals surface area contributed by atoms with E-state index in [0.717, 1.165) is 38.8 Å². The zero-order valence-corrected chi connectivity index (χ0v) is 11.9. The number of nitrogens with one attached hydrogen (secondary N) is 1. The van der Waals surface area contributed by atoms with Gasteiger partial charge in [0.1, 0.15) is 0 Å². The van der Waals surface area contributed by atoms with E-state index in [-0.39, 0.29) is 17.6 Å². The van der Waals surface area contributed by atoms with Crippen molar-refractivity contribution in [1.82, 2.24) is 10.2 Å². The highest BCUT2D eigenvalue weighted by molar-refractivity contribution is 5.82. The molecule has 0 aromatic carbocycles. The Morgan fingerprint density at radius 2 is 2.17 bits per heavy atom. The van der Waals surface area contributed by atoms with Crippen LogP contribution in [0.2, 0.25) is 0 Å². The first-order chi connectivity index (χ1) is 8.56. The second-order valence-corrected chi connectivity index (χ2v) is 6.02. The van der Waals surface area contributed by atoms with Crippen LogP contribution in [-0.2, 0) is 9.53 Å². The van der Waals surface area contributed by atoms with Crippen molar-refractivity contribution in [3.8, 4) is 0 Å². The Morgan fingerprint density at radius 3 is 2.67 bits per heavy atom. The van der Waals surface area contributed by atoms with Gasteiger partial charge in [-0.2, -0.15) is 0 Å². The van der Waals surface area contributed by atoms with Crippen LogP contribution in [0.5, 0.6) is 0 Å². The molecule has 1 aliphatic heterocycles. The van der Waals surface area contributed by atoms with Crippen LogP contribution in [0.25, 0.3) is 0 Å². The Hall–Kier alpha value is -0.610. The number of hydrogen-bond acceptors (Lipinski definition) is 3. The predicted octanol–water partition coefficient (Wildman–Crippen LogP) is 1.54. The summed E-state index contributed by atoms with van der Waals surface area (Å²) in [6.07, 6.45) is 5.47. The van der Waals surface area contributed by atoms with Crippen LogP contribution in [-0.4, -0.2) is 48.7 Å². The third-order valence-corrected chi connectivity index (χ3v) is 4.24. The van der Waals surface area contributed by atoms with Gasteiger partial charge >= 0.3 is 0 Å². The van der Waals surface area contributed by atoms with Gasteiger partial charge in [-0.1, -0.05) is 13.8 Å². The molecule has 0 aromatic heterocycles. The highest BCUT2D eigenvalue weighted by atomic mass is 16.5. The summed E-state index contributed by atoms with van der Waals surface area (Å²) in [5, 5.41) is 3.37. The summed E-state index contributed by atoms with van der Waals surface area (Å²) in [7, 11) is 1.78. The number of piperidine rings is 1. The van der Waals surface area contributed by atoms with Crippen LogP contribution in [0.15, 0.2) is 0 Å². The molecular weight excluding hydrogens is 228 g/mol. The van der Waals surface area contributed by atoms with Crippen molar-refractivity contribution in [2.45, 2.75) is 63.6 Å². The molecule has 1 heterocycles. The third-order valence-electron chi connectivity index (χ3n) is 4.24. The van der Waals surface area contributed by atoms with Crippen molar-refractivity contribution in [2.75, 3.05) is 20.2 Å². The van der Waals surface area contributed by atoms with E-state index >= 15 is 0 Å². The highest BCUT2D eigenvalue weighted by Gasteiger charge is 2.41. The quantitative estimate of drug-likeness (QED) is 0.809. The number of rotatable bonds is 5. The fourth-order valence-electron chi connectivity index (χ4n) is 3.00. The molecule has 1 aliphatic carbocycles. The second kappa shape index (κ2) is 5.57. The molecule has 1 N–H and O–H groups in total. The van der Waals surface area contributed by atoms with Crippen molar-refractivity contribution in [2.24, 2.45) is 0 Å². The molecule has 104 valence electrons. The molecule has 0 aromatic rings. The Morgan fingerprint density at radius 1 is 1.44 bits per heavy atom. The van der Waals surface area contributed by atoms with Gasteiger partial charge in [0.25, 0.3) is 0 Å². The standard InChI is InChI=1S/C14H26N2O2/c1-11(2)15-12-6-4-9-16(13(12)17)10-14(18-3)7-5-8-14/h11-12,15H,4-10H2,1-3H3. The molecule has 2 aliphatic rings. The zero-order chi connectivity index (χ0) is 13.2. The van der Waals surface area contributed by atoms with E-state index in [1.165, 1.54) is 6.42 Å². The van der Waals surface area contributed by atoms with E-state index < -0.39 is 0 Å². The lowest BCUT2D eigenvalue weighted by Crippen LogP contribution is -2.58. The van der Waals surface area contributed by atoms with E-state index in [4.69, 9.17) is 4.74 Å². The zero-order valence-electron chi connectivity index (χ0n) is 11.9. The van der Waals surface area contributed by atoms with Gasteiger partial charge in [0, 0.05) is 26.2 Å². The van der Waals surface area contributed by atoms with Crippen molar-refractivity contribution >= 4 is 5.91 Å². The molecule has 1 saturated carbocycles. The molecule has 2 rings (SSSR count). The van der Waals surface area contributed by atoms with Crippen LogP contribution in [0, 0.1) is 0 Å². The molecule has 1 saturated heterocycles. The number of nitrogens with zero attached hydrogens (tertiary/aromatic N) is 1. The maximum Gasteiger partial charge on any atom is 0.239 e. The van der Waals surface area contributed by atoms with Gasteiger partial charge in [-0.15, -0.1) is 0 Å². The van der Waals surface area contributed by atoms with Gasteiger partial charge in [0.15, 0.2) is 0 Å². The van der Waals surface area contributed by atoms with E-state index in [1.807, 2.05) is 4.90 Å². The predicted molar refractivity (Wildman–Crippen MR) is 71.5 cm³/mol. The van der Waals surface area contributed by atoms with Gasteiger partial charge in [-0.3, -0.25) is 4.79 Å². The average Bonchev–Trinajstić information content (AvgIpc) is 2.27. The smallest absolute Gasteiger partial charge is 0.239 e. The molecule has 4 heteroatoms. The SMILES string of the molecule is COC1(CN2CCCC(NC(C)C)C2=O)CCC1. The Bertz CT molecular complexity index is 295. The molecular formula is C14H26N2O2. The maximum absolute atomic E-state index is 12.4. The number of hydrogen-bond donors (Lipinski definition) is 1. The van der Waals surface area contributed by atoms with Crippen molar-refractivity contribution < 1.29 is 9.53 Å².